The average molecular weight is 726 g/mol. The van der Waals surface area contributed by atoms with Gasteiger partial charge in [0.15, 0.2) is 0 Å². The van der Waals surface area contributed by atoms with E-state index in [2.05, 4.69) is 39.1 Å². The summed E-state index contributed by atoms with van der Waals surface area (Å²) in [6.07, 6.45) is 7.01. The van der Waals surface area contributed by atoms with Crippen molar-refractivity contribution < 1.29 is 22.2 Å². The minimum Gasteiger partial charge on any atom is -0.379 e. The monoisotopic (exact) mass is 725 g/mol. The molecule has 268 valence electrons. The van der Waals surface area contributed by atoms with E-state index >= 15 is 0 Å². The summed E-state index contributed by atoms with van der Waals surface area (Å²) >= 11 is 0. The van der Waals surface area contributed by atoms with Crippen LogP contribution in [0.25, 0.3) is 21.7 Å². The van der Waals surface area contributed by atoms with Crippen LogP contribution >= 0.6 is 0 Å². The molecule has 2 fully saturated rings. The largest absolute Gasteiger partial charge is 0.379 e. The molecule has 2 aliphatic heterocycles. The second-order valence-electron chi connectivity index (χ2n) is 13.8. The summed E-state index contributed by atoms with van der Waals surface area (Å²) in [5, 5.41) is 2.16. The lowest BCUT2D eigenvalue weighted by Gasteiger charge is -2.34. The minimum atomic E-state index is -4.14. The summed E-state index contributed by atoms with van der Waals surface area (Å²) in [6, 6.07) is 32.4. The molecule has 3 amide bonds. The Morgan fingerprint density at radius 1 is 0.736 bits per heavy atom. The van der Waals surface area contributed by atoms with Gasteiger partial charge in [-0.1, -0.05) is 78.9 Å². The Balaban J connectivity index is 1.00. The number of pyridine rings is 2. The molecule has 2 aromatic heterocycles. The number of fused-ring (bicyclic) bond motifs is 2. The smallest absolute Gasteiger partial charge is 0.339 e. The maximum atomic E-state index is 14.2. The van der Waals surface area contributed by atoms with Crippen LogP contribution in [-0.2, 0) is 34.4 Å². The lowest BCUT2D eigenvalue weighted by molar-refractivity contribution is -0.128. The van der Waals surface area contributed by atoms with Crippen LogP contribution in [0, 0.1) is 5.92 Å². The van der Waals surface area contributed by atoms with Gasteiger partial charge in [0.2, 0.25) is 0 Å². The van der Waals surface area contributed by atoms with Gasteiger partial charge < -0.3 is 9.08 Å². The Kier molecular flexibility index (Phi) is 9.59. The molecule has 2 saturated heterocycles. The number of likely N-dealkylation sites (tertiary alicyclic amines) is 1. The number of carbonyl (C=O) groups is 2. The quantitative estimate of drug-likeness (QED) is 0.106. The second-order valence-corrected chi connectivity index (χ2v) is 15.3. The standard InChI is InChI=1S/C42H39N5O5S/c48-41-38(25-30-14-16-36(17-15-30)52-53(50,51)39-13-5-10-34-26-43-22-18-37(34)39)46(28-32-19-23-45(24-20-32)27-31-7-2-1-3-8-31)42(49)47(41)29-35-11-4-9-33-12-6-21-44-40(33)35/h1-18,21-22,26,32,38H,19-20,23-25,27-29H2. The van der Waals surface area contributed by atoms with Gasteiger partial charge in [-0.05, 0) is 78.9 Å². The Bertz CT molecular complexity index is 2370. The van der Waals surface area contributed by atoms with E-state index in [4.69, 9.17) is 4.18 Å². The first-order valence-corrected chi connectivity index (χ1v) is 19.3. The van der Waals surface area contributed by atoms with Crippen LogP contribution in [0.2, 0.25) is 0 Å². The van der Waals surface area contributed by atoms with E-state index in [1.54, 1.807) is 66.0 Å². The normalized spacial score (nSPS) is 17.2. The Morgan fingerprint density at radius 3 is 2.30 bits per heavy atom. The van der Waals surface area contributed by atoms with Gasteiger partial charge in [-0.2, -0.15) is 8.42 Å². The zero-order chi connectivity index (χ0) is 36.4. The van der Waals surface area contributed by atoms with Crippen molar-refractivity contribution in [1.29, 1.82) is 0 Å². The van der Waals surface area contributed by atoms with Crippen LogP contribution in [0.1, 0.15) is 29.5 Å². The molecule has 2 aliphatic rings. The van der Waals surface area contributed by atoms with E-state index in [1.807, 2.05) is 36.4 Å². The molecular formula is C42H39N5O5S. The fourth-order valence-electron chi connectivity index (χ4n) is 7.54. The fraction of sp³-hybridized carbons (Fsp3) is 0.238. The van der Waals surface area contributed by atoms with Gasteiger partial charge in [0.05, 0.1) is 12.1 Å². The first-order valence-electron chi connectivity index (χ1n) is 17.9. The zero-order valence-electron chi connectivity index (χ0n) is 29.1. The van der Waals surface area contributed by atoms with Gasteiger partial charge in [-0.15, -0.1) is 0 Å². The predicted octanol–water partition coefficient (Wildman–Crippen LogP) is 6.84. The molecule has 4 heterocycles. The fourth-order valence-corrected chi connectivity index (χ4v) is 8.70. The topological polar surface area (TPSA) is 113 Å². The summed E-state index contributed by atoms with van der Waals surface area (Å²) in [4.78, 5) is 42.6. The number of aromatic nitrogens is 2. The molecule has 0 aliphatic carbocycles. The van der Waals surface area contributed by atoms with Crippen molar-refractivity contribution in [2.45, 2.75) is 43.3 Å². The first kappa shape index (κ1) is 34.4. The number of hydrogen-bond acceptors (Lipinski definition) is 8. The molecule has 1 unspecified atom stereocenters. The molecule has 0 radical (unpaired) electrons. The number of piperidine rings is 1. The summed E-state index contributed by atoms with van der Waals surface area (Å²) in [7, 11) is -4.14. The number of hydrogen-bond donors (Lipinski definition) is 0. The van der Waals surface area contributed by atoms with E-state index < -0.39 is 16.2 Å². The highest BCUT2D eigenvalue weighted by atomic mass is 32.2. The van der Waals surface area contributed by atoms with E-state index in [0.717, 1.165) is 54.5 Å². The Morgan fingerprint density at radius 2 is 1.49 bits per heavy atom. The van der Waals surface area contributed by atoms with Crippen LogP contribution < -0.4 is 4.18 Å². The maximum absolute atomic E-state index is 14.2. The molecule has 6 aromatic rings. The molecule has 0 spiro atoms. The van der Waals surface area contributed by atoms with E-state index in [9.17, 15) is 18.0 Å². The highest BCUT2D eigenvalue weighted by Gasteiger charge is 2.46. The van der Waals surface area contributed by atoms with Crippen LogP contribution in [0.5, 0.6) is 5.75 Å². The predicted molar refractivity (Wildman–Crippen MR) is 202 cm³/mol. The van der Waals surface area contributed by atoms with Crippen molar-refractivity contribution in [1.82, 2.24) is 24.7 Å². The second kappa shape index (κ2) is 14.8. The molecular weight excluding hydrogens is 687 g/mol. The number of urea groups is 1. The molecule has 0 N–H and O–H groups in total. The molecule has 11 heteroatoms. The van der Waals surface area contributed by atoms with Crippen LogP contribution in [0.3, 0.4) is 0 Å². The summed E-state index contributed by atoms with van der Waals surface area (Å²) < 4.78 is 32.2. The number of amides is 3. The zero-order valence-corrected chi connectivity index (χ0v) is 29.9. The molecule has 1 atom stereocenters. The Hall–Kier alpha value is -5.65. The SMILES string of the molecule is O=C1C(Cc2ccc(OS(=O)(=O)c3cccc4cnccc34)cc2)N(CC2CCN(Cc3ccccc3)CC2)C(=O)N1Cc1cccc2cccnc12. The van der Waals surface area contributed by atoms with Gasteiger partial charge in [0, 0.05) is 54.3 Å². The molecule has 53 heavy (non-hydrogen) atoms. The van der Waals surface area contributed by atoms with E-state index in [0.29, 0.717) is 17.3 Å². The minimum absolute atomic E-state index is 0.0552. The van der Waals surface area contributed by atoms with E-state index in [-0.39, 0.29) is 41.5 Å². The molecule has 8 rings (SSSR count). The van der Waals surface area contributed by atoms with Crippen LogP contribution in [0.4, 0.5) is 4.79 Å². The molecule has 4 aromatic carbocycles. The lowest BCUT2D eigenvalue weighted by atomic mass is 9.95. The maximum Gasteiger partial charge on any atom is 0.339 e. The number of rotatable bonds is 11. The van der Waals surface area contributed by atoms with Gasteiger partial charge >= 0.3 is 16.1 Å². The van der Waals surface area contributed by atoms with Crippen molar-refractivity contribution in [3.05, 3.63) is 144 Å². The van der Waals surface area contributed by atoms with Crippen molar-refractivity contribution in [3.63, 3.8) is 0 Å². The molecule has 0 bridgehead atoms. The number of imide groups is 1. The van der Waals surface area contributed by atoms with Crippen LogP contribution in [-0.4, -0.2) is 70.7 Å². The van der Waals surface area contributed by atoms with Gasteiger partial charge in [0.1, 0.15) is 16.7 Å². The van der Waals surface area contributed by atoms with Gasteiger partial charge in [0.25, 0.3) is 5.91 Å². The highest BCUT2D eigenvalue weighted by Crippen LogP contribution is 2.31. The third kappa shape index (κ3) is 7.35. The molecule has 0 saturated carbocycles. The Labute approximate surface area is 308 Å². The first-order chi connectivity index (χ1) is 25.8. The van der Waals surface area contributed by atoms with Gasteiger partial charge in [-0.25, -0.2) is 4.79 Å². The summed E-state index contributed by atoms with van der Waals surface area (Å²) in [5.41, 5.74) is 3.64. The number of benzene rings is 4. The third-order valence-electron chi connectivity index (χ3n) is 10.3. The van der Waals surface area contributed by atoms with Crippen molar-refractivity contribution >= 4 is 43.7 Å². The summed E-state index contributed by atoms with van der Waals surface area (Å²) in [5.74, 6) is 0.155. The van der Waals surface area contributed by atoms with Crippen molar-refractivity contribution in [2.75, 3.05) is 19.6 Å². The third-order valence-corrected chi connectivity index (χ3v) is 11.6. The number of carbonyl (C=O) groups excluding carboxylic acids is 2. The summed E-state index contributed by atoms with van der Waals surface area (Å²) in [6.45, 7) is 3.35. The van der Waals surface area contributed by atoms with Crippen molar-refractivity contribution in [2.24, 2.45) is 5.92 Å². The number of para-hydroxylation sites is 1. The van der Waals surface area contributed by atoms with Crippen LogP contribution in [0.15, 0.2) is 133 Å². The highest BCUT2D eigenvalue weighted by molar-refractivity contribution is 7.87. The number of nitrogens with zero attached hydrogens (tertiary/aromatic N) is 5. The van der Waals surface area contributed by atoms with Gasteiger partial charge in [-0.3, -0.25) is 24.6 Å². The van der Waals surface area contributed by atoms with Crippen molar-refractivity contribution in [3.8, 4) is 5.75 Å². The molecule has 10 nitrogen and oxygen atoms in total. The van der Waals surface area contributed by atoms with E-state index in [1.165, 1.54) is 16.5 Å². The lowest BCUT2D eigenvalue weighted by Crippen LogP contribution is -2.43. The average Bonchev–Trinajstić information content (AvgIpc) is 3.39.